The molecular weight excluding hydrogens is 140 g/mol. The van der Waals surface area contributed by atoms with Crippen LogP contribution in [0.1, 0.15) is 19.8 Å². The number of rotatable bonds is 1. The second-order valence-corrected chi connectivity index (χ2v) is 2.92. The lowest BCUT2D eigenvalue weighted by molar-refractivity contribution is -0.173. The first kappa shape index (κ1) is 7.32. The number of hydrogen-bond donors (Lipinski definition) is 1. The highest BCUT2D eigenvalue weighted by Gasteiger charge is 2.32. The van der Waals surface area contributed by atoms with Crippen LogP contribution in [0.5, 0.6) is 0 Å². The third-order valence-corrected chi connectivity index (χ3v) is 1.87. The molecule has 2 nitrogen and oxygen atoms in total. The van der Waals surface area contributed by atoms with Gasteiger partial charge in [0.15, 0.2) is 5.79 Å². The molecule has 0 aromatic heterocycles. The first-order chi connectivity index (χ1) is 4.14. The van der Waals surface area contributed by atoms with Gasteiger partial charge < -0.3 is 9.84 Å². The van der Waals surface area contributed by atoms with Crippen LogP contribution in [0.2, 0.25) is 0 Å². The molecule has 1 heterocycles. The maximum absolute atomic E-state index is 9.22. The summed E-state index contributed by atoms with van der Waals surface area (Å²) in [6.45, 7) is 1.67. The normalized spacial score (nSPS) is 43.7. The highest BCUT2D eigenvalue weighted by atomic mass is 35.5. The maximum atomic E-state index is 9.22. The maximum Gasteiger partial charge on any atom is 0.163 e. The molecule has 0 spiro atoms. The van der Waals surface area contributed by atoms with E-state index >= 15 is 0 Å². The van der Waals surface area contributed by atoms with Crippen molar-refractivity contribution in [3.05, 3.63) is 0 Å². The van der Waals surface area contributed by atoms with Gasteiger partial charge in [-0.25, -0.2) is 0 Å². The molecule has 1 fully saturated rings. The van der Waals surface area contributed by atoms with Crippen LogP contribution in [-0.4, -0.2) is 22.9 Å². The van der Waals surface area contributed by atoms with E-state index in [2.05, 4.69) is 0 Å². The van der Waals surface area contributed by atoms with Gasteiger partial charge in [0, 0.05) is 12.3 Å². The van der Waals surface area contributed by atoms with E-state index in [1.165, 1.54) is 0 Å². The Labute approximate surface area is 59.8 Å². The van der Waals surface area contributed by atoms with Crippen molar-refractivity contribution in [3.63, 3.8) is 0 Å². The van der Waals surface area contributed by atoms with Gasteiger partial charge in [0.25, 0.3) is 0 Å². The minimum atomic E-state index is -0.917. The molecule has 0 aromatic rings. The molecule has 0 radical (unpaired) electrons. The van der Waals surface area contributed by atoms with Crippen LogP contribution in [0, 0.1) is 0 Å². The quantitative estimate of drug-likeness (QED) is 0.568. The largest absolute Gasteiger partial charge is 0.366 e. The van der Waals surface area contributed by atoms with Gasteiger partial charge >= 0.3 is 0 Å². The second kappa shape index (κ2) is 2.45. The lowest BCUT2D eigenvalue weighted by Crippen LogP contribution is -2.24. The summed E-state index contributed by atoms with van der Waals surface area (Å²) >= 11 is 5.50. The molecule has 1 aliphatic heterocycles. The van der Waals surface area contributed by atoms with Crippen molar-refractivity contribution in [1.82, 2.24) is 0 Å². The summed E-state index contributed by atoms with van der Waals surface area (Å²) in [5.41, 5.74) is 0. The third kappa shape index (κ3) is 1.81. The predicted molar refractivity (Wildman–Crippen MR) is 35.5 cm³/mol. The summed E-state index contributed by atoms with van der Waals surface area (Å²) in [7, 11) is 0. The van der Waals surface area contributed by atoms with Gasteiger partial charge in [-0.1, -0.05) is 0 Å². The van der Waals surface area contributed by atoms with E-state index in [0.29, 0.717) is 12.3 Å². The van der Waals surface area contributed by atoms with Crippen LogP contribution in [0.25, 0.3) is 0 Å². The Bertz CT molecular complexity index is 103. The van der Waals surface area contributed by atoms with Gasteiger partial charge in [-0.2, -0.15) is 0 Å². The first-order valence-corrected chi connectivity index (χ1v) is 3.64. The van der Waals surface area contributed by atoms with E-state index < -0.39 is 5.79 Å². The first-order valence-electron chi connectivity index (χ1n) is 3.10. The minimum absolute atomic E-state index is 0.0571. The molecular formula is C6H11ClO2. The fraction of sp³-hybridized carbons (Fsp3) is 1.00. The van der Waals surface area contributed by atoms with Gasteiger partial charge in [0.1, 0.15) is 0 Å². The average Bonchev–Trinajstić information content (AvgIpc) is 2.10. The second-order valence-electron chi connectivity index (χ2n) is 2.61. The SMILES string of the molecule is CC1(O)CCC(CCl)O1. The molecule has 2 atom stereocenters. The molecule has 1 rings (SSSR count). The monoisotopic (exact) mass is 150 g/mol. The van der Waals surface area contributed by atoms with Gasteiger partial charge in [-0.05, 0) is 13.3 Å². The number of hydrogen-bond acceptors (Lipinski definition) is 2. The molecule has 2 unspecified atom stereocenters. The molecule has 54 valence electrons. The van der Waals surface area contributed by atoms with E-state index in [-0.39, 0.29) is 6.10 Å². The van der Waals surface area contributed by atoms with Crippen LogP contribution >= 0.6 is 11.6 Å². The van der Waals surface area contributed by atoms with Crippen molar-refractivity contribution in [2.75, 3.05) is 5.88 Å². The van der Waals surface area contributed by atoms with Crippen molar-refractivity contribution in [3.8, 4) is 0 Å². The standard InChI is InChI=1S/C6H11ClO2/c1-6(8)3-2-5(4-7)9-6/h5,8H,2-4H2,1H3. The van der Waals surface area contributed by atoms with E-state index in [9.17, 15) is 5.11 Å². The zero-order valence-electron chi connectivity index (χ0n) is 5.43. The summed E-state index contributed by atoms with van der Waals surface area (Å²) in [5.74, 6) is -0.435. The molecule has 1 N–H and O–H groups in total. The highest BCUT2D eigenvalue weighted by Crippen LogP contribution is 2.27. The van der Waals surface area contributed by atoms with Crippen LogP contribution < -0.4 is 0 Å². The number of halogens is 1. The van der Waals surface area contributed by atoms with Crippen LogP contribution in [-0.2, 0) is 4.74 Å². The summed E-state index contributed by atoms with van der Waals surface area (Å²) in [5, 5.41) is 9.22. The molecule has 3 heteroatoms. The fourth-order valence-electron chi connectivity index (χ4n) is 1.01. The van der Waals surface area contributed by atoms with Crippen molar-refractivity contribution >= 4 is 11.6 Å². The van der Waals surface area contributed by atoms with Gasteiger partial charge in [0.2, 0.25) is 0 Å². The predicted octanol–water partition coefficient (Wildman–Crippen LogP) is 1.11. The van der Waals surface area contributed by atoms with Gasteiger partial charge in [-0.3, -0.25) is 0 Å². The Morgan fingerprint density at radius 1 is 1.89 bits per heavy atom. The average molecular weight is 151 g/mol. The fourth-order valence-corrected chi connectivity index (χ4v) is 1.23. The van der Waals surface area contributed by atoms with Crippen molar-refractivity contribution in [2.24, 2.45) is 0 Å². The van der Waals surface area contributed by atoms with Crippen molar-refractivity contribution in [1.29, 1.82) is 0 Å². The number of ether oxygens (including phenoxy) is 1. The summed E-state index contributed by atoms with van der Waals surface area (Å²) in [4.78, 5) is 0. The lowest BCUT2D eigenvalue weighted by atomic mass is 10.2. The molecule has 1 aliphatic rings. The highest BCUT2D eigenvalue weighted by molar-refractivity contribution is 6.18. The Kier molecular flexibility index (Phi) is 1.99. The summed E-state index contributed by atoms with van der Waals surface area (Å²) in [6, 6.07) is 0. The van der Waals surface area contributed by atoms with Gasteiger partial charge in [0.05, 0.1) is 6.10 Å². The zero-order chi connectivity index (χ0) is 6.91. The van der Waals surface area contributed by atoms with Gasteiger partial charge in [-0.15, -0.1) is 11.6 Å². The molecule has 0 aromatic carbocycles. The minimum Gasteiger partial charge on any atom is -0.366 e. The number of alkyl halides is 1. The zero-order valence-corrected chi connectivity index (χ0v) is 6.19. The van der Waals surface area contributed by atoms with Crippen LogP contribution in [0.4, 0.5) is 0 Å². The van der Waals surface area contributed by atoms with Crippen LogP contribution in [0.3, 0.4) is 0 Å². The Balaban J connectivity index is 2.38. The lowest BCUT2D eigenvalue weighted by Gasteiger charge is -2.16. The van der Waals surface area contributed by atoms with E-state index in [0.717, 1.165) is 6.42 Å². The Hall–Kier alpha value is 0.210. The number of aliphatic hydroxyl groups is 1. The molecule has 0 bridgehead atoms. The molecule has 0 saturated carbocycles. The van der Waals surface area contributed by atoms with E-state index in [1.807, 2.05) is 0 Å². The molecule has 0 aliphatic carbocycles. The Morgan fingerprint density at radius 2 is 2.56 bits per heavy atom. The summed E-state index contributed by atoms with van der Waals surface area (Å²) in [6.07, 6.45) is 1.63. The Morgan fingerprint density at radius 3 is 2.78 bits per heavy atom. The van der Waals surface area contributed by atoms with Crippen molar-refractivity contribution < 1.29 is 9.84 Å². The third-order valence-electron chi connectivity index (χ3n) is 1.52. The molecule has 0 amide bonds. The topological polar surface area (TPSA) is 29.5 Å². The van der Waals surface area contributed by atoms with Crippen LogP contribution in [0.15, 0.2) is 0 Å². The smallest absolute Gasteiger partial charge is 0.163 e. The molecule has 1 saturated heterocycles. The molecule has 9 heavy (non-hydrogen) atoms. The summed E-state index contributed by atoms with van der Waals surface area (Å²) < 4.78 is 5.12. The van der Waals surface area contributed by atoms with E-state index in [1.54, 1.807) is 6.92 Å². The van der Waals surface area contributed by atoms with Crippen molar-refractivity contribution in [2.45, 2.75) is 31.7 Å². The van der Waals surface area contributed by atoms with E-state index in [4.69, 9.17) is 16.3 Å².